The smallest absolute Gasteiger partial charge is 0.255 e. The molecule has 0 saturated carbocycles. The Balaban J connectivity index is 2.12. The van der Waals surface area contributed by atoms with Crippen LogP contribution in [0.4, 0.5) is 5.69 Å². The summed E-state index contributed by atoms with van der Waals surface area (Å²) in [5, 5.41) is 5.90. The van der Waals surface area contributed by atoms with Crippen LogP contribution in [0.5, 0.6) is 5.75 Å². The first-order chi connectivity index (χ1) is 10.2. The summed E-state index contributed by atoms with van der Waals surface area (Å²) in [6.45, 7) is 2.29. The van der Waals surface area contributed by atoms with Gasteiger partial charge in [0.25, 0.3) is 5.91 Å². The lowest BCUT2D eigenvalue weighted by Gasteiger charge is -2.12. The van der Waals surface area contributed by atoms with E-state index < -0.39 is 0 Å². The van der Waals surface area contributed by atoms with Gasteiger partial charge in [0.05, 0.1) is 18.4 Å². The maximum absolute atomic E-state index is 12.3. The highest BCUT2D eigenvalue weighted by molar-refractivity contribution is 5.99. The molecule has 5 heteroatoms. The topological polar surface area (TPSA) is 63.2 Å². The predicted octanol–water partition coefficient (Wildman–Crippen LogP) is 2.37. The lowest BCUT2D eigenvalue weighted by atomic mass is 10.1. The van der Waals surface area contributed by atoms with Crippen LogP contribution in [-0.2, 0) is 6.54 Å². The summed E-state index contributed by atoms with van der Waals surface area (Å²) < 4.78 is 5.27. The first-order valence-corrected chi connectivity index (χ1v) is 6.70. The molecule has 0 radical (unpaired) electrons. The molecule has 2 N–H and O–H groups in total. The molecule has 21 heavy (non-hydrogen) atoms. The Labute approximate surface area is 124 Å². The van der Waals surface area contributed by atoms with Crippen molar-refractivity contribution in [3.05, 3.63) is 53.3 Å². The van der Waals surface area contributed by atoms with Gasteiger partial charge in [0.15, 0.2) is 0 Å². The number of rotatable bonds is 5. The molecule has 110 valence electrons. The first-order valence-electron chi connectivity index (χ1n) is 6.70. The zero-order valence-electron chi connectivity index (χ0n) is 12.4. The molecule has 0 saturated heterocycles. The molecular weight excluding hydrogens is 266 g/mol. The summed E-state index contributed by atoms with van der Waals surface area (Å²) in [5.74, 6) is 0.589. The third-order valence-electron chi connectivity index (χ3n) is 3.19. The van der Waals surface area contributed by atoms with Crippen molar-refractivity contribution in [2.45, 2.75) is 13.5 Å². The average molecular weight is 285 g/mol. The molecule has 1 amide bonds. The van der Waals surface area contributed by atoms with Gasteiger partial charge in [-0.05, 0) is 19.1 Å². The van der Waals surface area contributed by atoms with Gasteiger partial charge in [0.1, 0.15) is 5.75 Å². The maximum Gasteiger partial charge on any atom is 0.255 e. The van der Waals surface area contributed by atoms with E-state index in [4.69, 9.17) is 4.74 Å². The molecule has 0 bridgehead atoms. The van der Waals surface area contributed by atoms with E-state index in [9.17, 15) is 4.79 Å². The number of hydrogen-bond donors (Lipinski definition) is 2. The van der Waals surface area contributed by atoms with E-state index >= 15 is 0 Å². The predicted molar refractivity (Wildman–Crippen MR) is 82.7 cm³/mol. The largest absolute Gasteiger partial charge is 0.496 e. The molecule has 1 aromatic carbocycles. The summed E-state index contributed by atoms with van der Waals surface area (Å²) in [4.78, 5) is 16.4. The van der Waals surface area contributed by atoms with E-state index in [2.05, 4.69) is 15.6 Å². The normalized spacial score (nSPS) is 10.0. The highest BCUT2D eigenvalue weighted by Gasteiger charge is 2.12. The van der Waals surface area contributed by atoms with Crippen LogP contribution < -0.4 is 15.4 Å². The van der Waals surface area contributed by atoms with Gasteiger partial charge in [-0.1, -0.05) is 18.2 Å². The van der Waals surface area contributed by atoms with Gasteiger partial charge in [-0.3, -0.25) is 9.78 Å². The number of benzene rings is 1. The van der Waals surface area contributed by atoms with Crippen LogP contribution in [0.25, 0.3) is 0 Å². The molecule has 0 atom stereocenters. The van der Waals surface area contributed by atoms with E-state index in [1.54, 1.807) is 20.4 Å². The van der Waals surface area contributed by atoms with Crippen LogP contribution >= 0.6 is 0 Å². The van der Waals surface area contributed by atoms with Crippen molar-refractivity contribution in [3.63, 3.8) is 0 Å². The second-order valence-electron chi connectivity index (χ2n) is 4.62. The van der Waals surface area contributed by atoms with Gasteiger partial charge in [-0.15, -0.1) is 0 Å². The van der Waals surface area contributed by atoms with Gasteiger partial charge in [-0.2, -0.15) is 0 Å². The Morgan fingerprint density at radius 1 is 1.33 bits per heavy atom. The minimum atomic E-state index is -0.169. The number of nitrogens with zero attached hydrogens (tertiary/aromatic N) is 1. The molecule has 0 aliphatic heterocycles. The third kappa shape index (κ3) is 3.51. The summed E-state index contributed by atoms with van der Waals surface area (Å²) in [6.07, 6.45) is 1.58. The fourth-order valence-electron chi connectivity index (χ4n) is 2.07. The number of anilines is 1. The highest BCUT2D eigenvalue weighted by atomic mass is 16.5. The molecule has 2 aromatic rings. The number of methoxy groups -OCH3 is 1. The molecule has 1 aromatic heterocycles. The molecule has 0 spiro atoms. The minimum absolute atomic E-state index is 0.169. The maximum atomic E-state index is 12.3. The summed E-state index contributed by atoms with van der Waals surface area (Å²) in [6, 6.07) is 9.45. The number of aryl methyl sites for hydroxylation is 1. The quantitative estimate of drug-likeness (QED) is 0.885. The van der Waals surface area contributed by atoms with Crippen molar-refractivity contribution in [2.75, 3.05) is 19.5 Å². The van der Waals surface area contributed by atoms with Crippen LogP contribution in [0.3, 0.4) is 0 Å². The lowest BCUT2D eigenvalue weighted by molar-refractivity contribution is 0.0951. The van der Waals surface area contributed by atoms with Crippen molar-refractivity contribution >= 4 is 11.6 Å². The van der Waals surface area contributed by atoms with E-state index in [1.165, 1.54) is 0 Å². The number of hydrogen-bond acceptors (Lipinski definition) is 4. The number of aromatic nitrogens is 1. The zero-order valence-corrected chi connectivity index (χ0v) is 12.4. The lowest BCUT2D eigenvalue weighted by Crippen LogP contribution is -2.24. The summed E-state index contributed by atoms with van der Waals surface area (Å²) >= 11 is 0. The number of nitrogens with one attached hydrogen (secondary N) is 2. The Morgan fingerprint density at radius 3 is 2.81 bits per heavy atom. The second kappa shape index (κ2) is 6.74. The molecule has 5 nitrogen and oxygen atoms in total. The highest BCUT2D eigenvalue weighted by Crippen LogP contribution is 2.18. The molecule has 0 fully saturated rings. The van der Waals surface area contributed by atoms with Crippen molar-refractivity contribution in [2.24, 2.45) is 0 Å². The number of pyridine rings is 1. The van der Waals surface area contributed by atoms with E-state index in [1.807, 2.05) is 37.3 Å². The molecule has 0 unspecified atom stereocenters. The Kier molecular flexibility index (Phi) is 4.77. The van der Waals surface area contributed by atoms with Crippen molar-refractivity contribution < 1.29 is 9.53 Å². The van der Waals surface area contributed by atoms with Gasteiger partial charge < -0.3 is 15.4 Å². The van der Waals surface area contributed by atoms with Crippen LogP contribution in [0, 0.1) is 6.92 Å². The number of para-hydroxylation sites is 1. The first kappa shape index (κ1) is 14.8. The minimum Gasteiger partial charge on any atom is -0.496 e. The molecule has 2 rings (SSSR count). The Bertz CT molecular complexity index is 641. The third-order valence-corrected chi connectivity index (χ3v) is 3.19. The van der Waals surface area contributed by atoms with Crippen molar-refractivity contribution in [1.29, 1.82) is 0 Å². The number of carbonyl (C=O) groups is 1. The zero-order chi connectivity index (χ0) is 15.2. The SMILES string of the molecule is CNc1cc(C)ncc1C(=O)NCc1ccccc1OC. The fourth-order valence-corrected chi connectivity index (χ4v) is 2.07. The van der Waals surface area contributed by atoms with Crippen LogP contribution in [0.2, 0.25) is 0 Å². The van der Waals surface area contributed by atoms with Gasteiger partial charge in [0, 0.05) is 31.0 Å². The monoisotopic (exact) mass is 285 g/mol. The van der Waals surface area contributed by atoms with Crippen molar-refractivity contribution in [3.8, 4) is 5.75 Å². The average Bonchev–Trinajstić information content (AvgIpc) is 2.52. The Morgan fingerprint density at radius 2 is 2.10 bits per heavy atom. The van der Waals surface area contributed by atoms with Crippen LogP contribution in [0.1, 0.15) is 21.6 Å². The Hall–Kier alpha value is -2.56. The molecular formula is C16H19N3O2. The van der Waals surface area contributed by atoms with E-state index in [-0.39, 0.29) is 5.91 Å². The number of amides is 1. The molecule has 0 aliphatic rings. The van der Waals surface area contributed by atoms with Crippen molar-refractivity contribution in [1.82, 2.24) is 10.3 Å². The van der Waals surface area contributed by atoms with E-state index in [0.717, 1.165) is 22.7 Å². The standard InChI is InChI=1S/C16H19N3O2/c1-11-8-14(17-2)13(10-18-11)16(20)19-9-12-6-4-5-7-15(12)21-3/h4-8,10H,9H2,1-3H3,(H,17,18)(H,19,20). The van der Waals surface area contributed by atoms with Crippen LogP contribution in [0.15, 0.2) is 36.5 Å². The summed E-state index contributed by atoms with van der Waals surface area (Å²) in [5.41, 5.74) is 3.08. The summed E-state index contributed by atoms with van der Waals surface area (Å²) in [7, 11) is 3.40. The van der Waals surface area contributed by atoms with Gasteiger partial charge in [0.2, 0.25) is 0 Å². The van der Waals surface area contributed by atoms with Gasteiger partial charge in [-0.25, -0.2) is 0 Å². The molecule has 0 aliphatic carbocycles. The van der Waals surface area contributed by atoms with Crippen LogP contribution in [-0.4, -0.2) is 25.0 Å². The second-order valence-corrected chi connectivity index (χ2v) is 4.62. The van der Waals surface area contributed by atoms with Gasteiger partial charge >= 0.3 is 0 Å². The number of carbonyl (C=O) groups excluding carboxylic acids is 1. The molecule has 1 heterocycles. The van der Waals surface area contributed by atoms with E-state index in [0.29, 0.717) is 12.1 Å². The number of ether oxygens (including phenoxy) is 1. The fraction of sp³-hybridized carbons (Fsp3) is 0.250.